The van der Waals surface area contributed by atoms with Crippen LogP contribution in [0.1, 0.15) is 56.9 Å². The second kappa shape index (κ2) is 6.60. The summed E-state index contributed by atoms with van der Waals surface area (Å²) in [5, 5.41) is 0. The fraction of sp³-hybridized carbons (Fsp3) is 0.750. The van der Waals surface area contributed by atoms with Gasteiger partial charge in [0, 0.05) is 18.4 Å². The van der Waals surface area contributed by atoms with Gasteiger partial charge in [-0.25, -0.2) is 4.98 Å². The second-order valence-electron chi connectivity index (χ2n) is 6.39. The van der Waals surface area contributed by atoms with E-state index in [1.807, 2.05) is 6.20 Å². The van der Waals surface area contributed by atoms with Crippen LogP contribution in [0.25, 0.3) is 0 Å². The number of nitrogens with zero attached hydrogens (tertiary/aromatic N) is 2. The fourth-order valence-electron chi connectivity index (χ4n) is 3.30. The molecule has 1 atom stereocenters. The molecule has 1 aromatic rings. The van der Waals surface area contributed by atoms with Crippen molar-refractivity contribution in [1.82, 2.24) is 9.97 Å². The third-order valence-electron chi connectivity index (χ3n) is 4.68. The summed E-state index contributed by atoms with van der Waals surface area (Å²) in [6.07, 6.45) is 9.13. The van der Waals surface area contributed by atoms with Gasteiger partial charge in [0.2, 0.25) is 11.8 Å². The minimum Gasteiger partial charge on any atom is -0.475 e. The standard InChI is InChI=1S/C16H25N3O2/c1-11-4-6-12(7-5-11)14-9-18-16(17)19-15(14)21-10-13-3-2-8-20-13/h9,11-13H,2-8,10H2,1H3,(H2,17,18,19)/t11?,12?,13-/m1/s1. The normalized spacial score (nSPS) is 29.5. The molecule has 0 amide bonds. The highest BCUT2D eigenvalue weighted by molar-refractivity contribution is 5.33. The number of aromatic nitrogens is 2. The maximum atomic E-state index is 5.93. The molecule has 5 nitrogen and oxygen atoms in total. The Bertz CT molecular complexity index is 467. The van der Waals surface area contributed by atoms with Crippen LogP contribution in [-0.2, 0) is 4.74 Å². The fourth-order valence-corrected chi connectivity index (χ4v) is 3.30. The van der Waals surface area contributed by atoms with Crippen LogP contribution in [0.3, 0.4) is 0 Å². The van der Waals surface area contributed by atoms with Gasteiger partial charge in [-0.2, -0.15) is 4.98 Å². The molecule has 1 aliphatic heterocycles. The van der Waals surface area contributed by atoms with Crippen molar-refractivity contribution in [1.29, 1.82) is 0 Å². The van der Waals surface area contributed by atoms with Crippen molar-refractivity contribution < 1.29 is 9.47 Å². The van der Waals surface area contributed by atoms with Crippen LogP contribution in [0.15, 0.2) is 6.20 Å². The summed E-state index contributed by atoms with van der Waals surface area (Å²) in [5.41, 5.74) is 6.85. The van der Waals surface area contributed by atoms with E-state index >= 15 is 0 Å². The Morgan fingerprint density at radius 2 is 2.10 bits per heavy atom. The summed E-state index contributed by atoms with van der Waals surface area (Å²) in [4.78, 5) is 8.49. The molecule has 1 aliphatic carbocycles. The van der Waals surface area contributed by atoms with Crippen LogP contribution in [0.5, 0.6) is 5.88 Å². The van der Waals surface area contributed by atoms with Crippen LogP contribution in [0.4, 0.5) is 5.95 Å². The zero-order chi connectivity index (χ0) is 14.7. The third-order valence-corrected chi connectivity index (χ3v) is 4.68. The lowest BCUT2D eigenvalue weighted by Gasteiger charge is -2.27. The van der Waals surface area contributed by atoms with Crippen molar-refractivity contribution in [3.63, 3.8) is 0 Å². The Labute approximate surface area is 126 Å². The first kappa shape index (κ1) is 14.6. The number of hydrogen-bond acceptors (Lipinski definition) is 5. The molecule has 2 fully saturated rings. The van der Waals surface area contributed by atoms with Crippen molar-refractivity contribution in [2.24, 2.45) is 5.92 Å². The van der Waals surface area contributed by atoms with Gasteiger partial charge in [-0.1, -0.05) is 19.8 Å². The van der Waals surface area contributed by atoms with Crippen molar-refractivity contribution in [3.8, 4) is 5.88 Å². The zero-order valence-electron chi connectivity index (χ0n) is 12.8. The van der Waals surface area contributed by atoms with Crippen LogP contribution < -0.4 is 10.5 Å². The smallest absolute Gasteiger partial charge is 0.223 e. The van der Waals surface area contributed by atoms with Gasteiger partial charge in [-0.05, 0) is 37.5 Å². The molecular formula is C16H25N3O2. The number of anilines is 1. The van der Waals surface area contributed by atoms with Crippen LogP contribution in [0, 0.1) is 5.92 Å². The van der Waals surface area contributed by atoms with Gasteiger partial charge in [-0.3, -0.25) is 0 Å². The molecule has 1 saturated carbocycles. The van der Waals surface area contributed by atoms with E-state index in [0.717, 1.165) is 30.9 Å². The Kier molecular flexibility index (Phi) is 4.58. The quantitative estimate of drug-likeness (QED) is 0.923. The van der Waals surface area contributed by atoms with Crippen LogP contribution >= 0.6 is 0 Å². The highest BCUT2D eigenvalue weighted by Gasteiger charge is 2.25. The molecule has 5 heteroatoms. The lowest BCUT2D eigenvalue weighted by molar-refractivity contribution is 0.0656. The molecule has 3 rings (SSSR count). The summed E-state index contributed by atoms with van der Waals surface area (Å²) in [6, 6.07) is 0. The number of nitrogens with two attached hydrogens (primary N) is 1. The summed E-state index contributed by atoms with van der Waals surface area (Å²) < 4.78 is 11.5. The van der Waals surface area contributed by atoms with Gasteiger partial charge in [0.05, 0.1) is 6.10 Å². The Morgan fingerprint density at radius 1 is 1.29 bits per heavy atom. The van der Waals surface area contributed by atoms with Crippen molar-refractivity contribution in [2.45, 2.75) is 57.5 Å². The molecule has 0 spiro atoms. The van der Waals surface area contributed by atoms with Crippen molar-refractivity contribution in [2.75, 3.05) is 18.9 Å². The molecule has 0 unspecified atom stereocenters. The summed E-state index contributed by atoms with van der Waals surface area (Å²) in [5.74, 6) is 2.27. The molecule has 0 bridgehead atoms. The summed E-state index contributed by atoms with van der Waals surface area (Å²) >= 11 is 0. The number of nitrogen functional groups attached to an aromatic ring is 1. The molecule has 0 radical (unpaired) electrons. The molecule has 2 aliphatic rings. The SMILES string of the molecule is CC1CCC(c2cnc(N)nc2OC[C@H]2CCCO2)CC1. The van der Waals surface area contributed by atoms with Gasteiger partial charge in [-0.15, -0.1) is 0 Å². The zero-order valence-corrected chi connectivity index (χ0v) is 12.8. The lowest BCUT2D eigenvalue weighted by atomic mass is 9.80. The summed E-state index contributed by atoms with van der Waals surface area (Å²) in [7, 11) is 0. The van der Waals surface area contributed by atoms with E-state index in [0.29, 0.717) is 18.4 Å². The lowest BCUT2D eigenvalue weighted by Crippen LogP contribution is -2.19. The van der Waals surface area contributed by atoms with Gasteiger partial charge in [0.25, 0.3) is 0 Å². The molecular weight excluding hydrogens is 266 g/mol. The third kappa shape index (κ3) is 3.64. The van der Waals surface area contributed by atoms with Crippen molar-refractivity contribution >= 4 is 5.95 Å². The first-order valence-corrected chi connectivity index (χ1v) is 8.09. The molecule has 1 saturated heterocycles. The van der Waals surface area contributed by atoms with E-state index in [9.17, 15) is 0 Å². The predicted molar refractivity (Wildman–Crippen MR) is 81.3 cm³/mol. The monoisotopic (exact) mass is 291 g/mol. The molecule has 2 N–H and O–H groups in total. The minimum absolute atomic E-state index is 0.195. The Morgan fingerprint density at radius 3 is 2.81 bits per heavy atom. The first-order valence-electron chi connectivity index (χ1n) is 8.09. The Balaban J connectivity index is 1.69. The highest BCUT2D eigenvalue weighted by Crippen LogP contribution is 2.38. The van der Waals surface area contributed by atoms with Crippen LogP contribution in [-0.4, -0.2) is 29.3 Å². The van der Waals surface area contributed by atoms with Gasteiger partial charge in [0.1, 0.15) is 6.61 Å². The van der Waals surface area contributed by atoms with E-state index in [1.54, 1.807) is 0 Å². The van der Waals surface area contributed by atoms with E-state index in [1.165, 1.54) is 25.7 Å². The van der Waals surface area contributed by atoms with Crippen LogP contribution in [0.2, 0.25) is 0 Å². The van der Waals surface area contributed by atoms with E-state index < -0.39 is 0 Å². The van der Waals surface area contributed by atoms with E-state index in [4.69, 9.17) is 15.2 Å². The molecule has 0 aromatic carbocycles. The molecule has 116 valence electrons. The Hall–Kier alpha value is -1.36. The first-order chi connectivity index (χ1) is 10.2. The summed E-state index contributed by atoms with van der Waals surface area (Å²) in [6.45, 7) is 3.73. The maximum absolute atomic E-state index is 5.93. The van der Waals surface area contributed by atoms with Gasteiger partial charge < -0.3 is 15.2 Å². The highest BCUT2D eigenvalue weighted by atomic mass is 16.5. The second-order valence-corrected chi connectivity index (χ2v) is 6.39. The number of rotatable bonds is 4. The maximum Gasteiger partial charge on any atom is 0.223 e. The molecule has 2 heterocycles. The number of hydrogen-bond donors (Lipinski definition) is 1. The van der Waals surface area contributed by atoms with E-state index in [2.05, 4.69) is 16.9 Å². The predicted octanol–water partition coefficient (Wildman–Crippen LogP) is 2.91. The molecule has 1 aromatic heterocycles. The van der Waals surface area contributed by atoms with Gasteiger partial charge >= 0.3 is 0 Å². The van der Waals surface area contributed by atoms with Gasteiger partial charge in [0.15, 0.2) is 0 Å². The van der Waals surface area contributed by atoms with Crippen molar-refractivity contribution in [3.05, 3.63) is 11.8 Å². The molecule has 21 heavy (non-hydrogen) atoms. The van der Waals surface area contributed by atoms with E-state index in [-0.39, 0.29) is 12.1 Å². The average Bonchev–Trinajstić information content (AvgIpc) is 3.00. The largest absolute Gasteiger partial charge is 0.475 e. The minimum atomic E-state index is 0.195. The topological polar surface area (TPSA) is 70.3 Å². The number of ether oxygens (including phenoxy) is 2. The average molecular weight is 291 g/mol.